The largest absolute Gasteiger partial charge is 0.352 e. The standard InChI is InChI=1S/C14H18N2O/c15-14(6-7-14)13(17)16-12-8-11(9-12)10-4-2-1-3-5-10/h1-5,11-12H,6-9,15H2,(H,16,17). The van der Waals surface area contributed by atoms with Crippen molar-refractivity contribution >= 4 is 5.91 Å². The molecule has 2 fully saturated rings. The number of hydrogen-bond donors (Lipinski definition) is 2. The Morgan fingerprint density at radius 2 is 1.88 bits per heavy atom. The van der Waals surface area contributed by atoms with Crippen molar-refractivity contribution in [2.45, 2.75) is 43.2 Å². The second-order valence-corrected chi connectivity index (χ2v) is 5.41. The molecule has 0 heterocycles. The molecule has 1 amide bonds. The molecule has 0 aromatic heterocycles. The Hall–Kier alpha value is -1.35. The molecular formula is C14H18N2O. The van der Waals surface area contributed by atoms with Crippen LogP contribution in [0.15, 0.2) is 30.3 Å². The van der Waals surface area contributed by atoms with Crippen LogP contribution in [-0.2, 0) is 4.79 Å². The molecule has 1 aromatic rings. The van der Waals surface area contributed by atoms with Crippen molar-refractivity contribution in [2.75, 3.05) is 0 Å². The van der Waals surface area contributed by atoms with Crippen molar-refractivity contribution in [2.24, 2.45) is 5.73 Å². The highest BCUT2D eigenvalue weighted by molar-refractivity contribution is 5.89. The van der Waals surface area contributed by atoms with Gasteiger partial charge in [-0.1, -0.05) is 30.3 Å². The average Bonchev–Trinajstić information content (AvgIpc) is 3.03. The zero-order chi connectivity index (χ0) is 11.9. The van der Waals surface area contributed by atoms with E-state index in [1.807, 2.05) is 6.07 Å². The third-order valence-corrected chi connectivity index (χ3v) is 3.99. The van der Waals surface area contributed by atoms with Crippen molar-refractivity contribution in [3.05, 3.63) is 35.9 Å². The van der Waals surface area contributed by atoms with E-state index in [0.717, 1.165) is 25.7 Å². The summed E-state index contributed by atoms with van der Waals surface area (Å²) < 4.78 is 0. The van der Waals surface area contributed by atoms with Gasteiger partial charge in [-0.3, -0.25) is 4.79 Å². The predicted molar refractivity (Wildman–Crippen MR) is 66.5 cm³/mol. The minimum Gasteiger partial charge on any atom is -0.352 e. The third kappa shape index (κ3) is 2.07. The van der Waals surface area contributed by atoms with E-state index in [2.05, 4.69) is 29.6 Å². The Morgan fingerprint density at radius 1 is 1.24 bits per heavy atom. The fourth-order valence-electron chi connectivity index (χ4n) is 2.42. The van der Waals surface area contributed by atoms with Crippen molar-refractivity contribution < 1.29 is 4.79 Å². The SMILES string of the molecule is NC1(C(=O)NC2CC(c3ccccc3)C2)CC1. The Morgan fingerprint density at radius 3 is 2.47 bits per heavy atom. The molecule has 0 aliphatic heterocycles. The minimum absolute atomic E-state index is 0.0500. The summed E-state index contributed by atoms with van der Waals surface area (Å²) in [6, 6.07) is 10.8. The van der Waals surface area contributed by atoms with Crippen LogP contribution in [0.4, 0.5) is 0 Å². The lowest BCUT2D eigenvalue weighted by atomic mass is 9.76. The second-order valence-electron chi connectivity index (χ2n) is 5.41. The molecule has 90 valence electrons. The highest BCUT2D eigenvalue weighted by Crippen LogP contribution is 2.38. The number of carbonyl (C=O) groups is 1. The Kier molecular flexibility index (Phi) is 2.44. The molecule has 3 rings (SSSR count). The van der Waals surface area contributed by atoms with E-state index < -0.39 is 5.54 Å². The van der Waals surface area contributed by atoms with E-state index in [0.29, 0.717) is 12.0 Å². The van der Waals surface area contributed by atoms with E-state index in [1.165, 1.54) is 5.56 Å². The summed E-state index contributed by atoms with van der Waals surface area (Å²) in [5, 5.41) is 3.05. The number of benzene rings is 1. The number of hydrogen-bond acceptors (Lipinski definition) is 2. The lowest BCUT2D eigenvalue weighted by Gasteiger charge is -2.36. The lowest BCUT2D eigenvalue weighted by molar-refractivity contribution is -0.124. The topological polar surface area (TPSA) is 55.1 Å². The fraction of sp³-hybridized carbons (Fsp3) is 0.500. The predicted octanol–water partition coefficient (Wildman–Crippen LogP) is 1.54. The average molecular weight is 230 g/mol. The Balaban J connectivity index is 1.50. The maximum Gasteiger partial charge on any atom is 0.240 e. The molecule has 0 radical (unpaired) electrons. The summed E-state index contributed by atoms with van der Waals surface area (Å²) in [5.74, 6) is 0.656. The van der Waals surface area contributed by atoms with Crippen molar-refractivity contribution in [3.63, 3.8) is 0 Å². The van der Waals surface area contributed by atoms with E-state index in [1.54, 1.807) is 0 Å². The van der Waals surface area contributed by atoms with Crippen LogP contribution in [0.1, 0.15) is 37.2 Å². The van der Waals surface area contributed by atoms with Crippen LogP contribution in [0.2, 0.25) is 0 Å². The highest BCUT2D eigenvalue weighted by Gasteiger charge is 2.47. The van der Waals surface area contributed by atoms with Crippen LogP contribution in [-0.4, -0.2) is 17.5 Å². The molecule has 2 aliphatic carbocycles. The van der Waals surface area contributed by atoms with Crippen molar-refractivity contribution in [3.8, 4) is 0 Å². The van der Waals surface area contributed by atoms with E-state index >= 15 is 0 Å². The molecule has 1 aromatic carbocycles. The number of nitrogens with two attached hydrogens (primary N) is 1. The number of amides is 1. The van der Waals surface area contributed by atoms with E-state index in [4.69, 9.17) is 5.73 Å². The molecule has 2 aliphatic rings. The number of nitrogens with one attached hydrogen (secondary N) is 1. The van der Waals surface area contributed by atoms with Crippen LogP contribution in [0.5, 0.6) is 0 Å². The molecular weight excluding hydrogens is 212 g/mol. The van der Waals surface area contributed by atoms with Crippen LogP contribution in [0, 0.1) is 0 Å². The zero-order valence-electron chi connectivity index (χ0n) is 9.86. The number of carbonyl (C=O) groups excluding carboxylic acids is 1. The Labute approximate surface area is 101 Å². The second kappa shape index (κ2) is 3.84. The third-order valence-electron chi connectivity index (χ3n) is 3.99. The Bertz CT molecular complexity index is 419. The first kappa shape index (κ1) is 10.8. The van der Waals surface area contributed by atoms with E-state index in [9.17, 15) is 4.79 Å². The summed E-state index contributed by atoms with van der Waals surface area (Å²) in [4.78, 5) is 11.7. The van der Waals surface area contributed by atoms with Crippen molar-refractivity contribution in [1.82, 2.24) is 5.32 Å². The number of rotatable bonds is 3. The van der Waals surface area contributed by atoms with Gasteiger partial charge >= 0.3 is 0 Å². The first-order chi connectivity index (χ1) is 8.17. The summed E-state index contributed by atoms with van der Waals surface area (Å²) >= 11 is 0. The van der Waals surface area contributed by atoms with Crippen LogP contribution in [0.3, 0.4) is 0 Å². The highest BCUT2D eigenvalue weighted by atomic mass is 16.2. The van der Waals surface area contributed by atoms with Gasteiger partial charge in [0, 0.05) is 6.04 Å². The summed E-state index contributed by atoms with van der Waals surface area (Å²) in [6.07, 6.45) is 3.78. The first-order valence-electron chi connectivity index (χ1n) is 6.32. The molecule has 3 N–H and O–H groups in total. The molecule has 0 bridgehead atoms. The maximum atomic E-state index is 11.7. The van der Waals surface area contributed by atoms with Gasteiger partial charge in [-0.2, -0.15) is 0 Å². The van der Waals surface area contributed by atoms with Gasteiger partial charge in [0.2, 0.25) is 5.91 Å². The summed E-state index contributed by atoms with van der Waals surface area (Å²) in [7, 11) is 0. The van der Waals surface area contributed by atoms with Gasteiger partial charge in [0.05, 0.1) is 5.54 Å². The van der Waals surface area contributed by atoms with Gasteiger partial charge in [-0.25, -0.2) is 0 Å². The van der Waals surface area contributed by atoms with Gasteiger partial charge in [-0.05, 0) is 37.2 Å². The molecule has 17 heavy (non-hydrogen) atoms. The van der Waals surface area contributed by atoms with Crippen LogP contribution >= 0.6 is 0 Å². The van der Waals surface area contributed by atoms with Crippen LogP contribution < -0.4 is 11.1 Å². The molecule has 3 nitrogen and oxygen atoms in total. The molecule has 3 heteroatoms. The summed E-state index contributed by atoms with van der Waals surface area (Å²) in [5.41, 5.74) is 6.70. The lowest BCUT2D eigenvalue weighted by Crippen LogP contribution is -2.51. The minimum atomic E-state index is -0.530. The smallest absolute Gasteiger partial charge is 0.240 e. The zero-order valence-corrected chi connectivity index (χ0v) is 9.86. The van der Waals surface area contributed by atoms with Crippen LogP contribution in [0.25, 0.3) is 0 Å². The monoisotopic (exact) mass is 230 g/mol. The summed E-state index contributed by atoms with van der Waals surface area (Å²) in [6.45, 7) is 0. The first-order valence-corrected chi connectivity index (χ1v) is 6.32. The van der Waals surface area contributed by atoms with Gasteiger partial charge in [0.25, 0.3) is 0 Å². The van der Waals surface area contributed by atoms with Gasteiger partial charge in [-0.15, -0.1) is 0 Å². The molecule has 0 saturated heterocycles. The quantitative estimate of drug-likeness (QED) is 0.827. The normalized spacial score (nSPS) is 29.2. The molecule has 2 saturated carbocycles. The van der Waals surface area contributed by atoms with Gasteiger partial charge < -0.3 is 11.1 Å². The van der Waals surface area contributed by atoms with Crippen molar-refractivity contribution in [1.29, 1.82) is 0 Å². The van der Waals surface area contributed by atoms with Gasteiger partial charge in [0.15, 0.2) is 0 Å². The fourth-order valence-corrected chi connectivity index (χ4v) is 2.42. The molecule has 0 unspecified atom stereocenters. The van der Waals surface area contributed by atoms with Gasteiger partial charge in [0.1, 0.15) is 0 Å². The van der Waals surface area contributed by atoms with E-state index in [-0.39, 0.29) is 5.91 Å². The maximum absolute atomic E-state index is 11.7. The molecule has 0 atom stereocenters. The molecule has 0 spiro atoms.